The summed E-state index contributed by atoms with van der Waals surface area (Å²) in [6, 6.07) is 9.57. The molecule has 1 aromatic carbocycles. The summed E-state index contributed by atoms with van der Waals surface area (Å²) in [6.07, 6.45) is 4.68. The van der Waals surface area contributed by atoms with Gasteiger partial charge in [-0.1, -0.05) is 12.1 Å². The molecular formula is C19H28N6O2. The Kier molecular flexibility index (Phi) is 8.68. The molecule has 146 valence electrons. The van der Waals surface area contributed by atoms with Crippen LogP contribution >= 0.6 is 0 Å². The lowest BCUT2D eigenvalue weighted by Gasteiger charge is -2.13. The van der Waals surface area contributed by atoms with Crippen LogP contribution in [0.15, 0.2) is 47.7 Å². The van der Waals surface area contributed by atoms with Crippen molar-refractivity contribution >= 4 is 11.9 Å². The molecule has 8 heteroatoms. The predicted molar refractivity (Wildman–Crippen MR) is 106 cm³/mol. The van der Waals surface area contributed by atoms with Gasteiger partial charge in [-0.05, 0) is 37.1 Å². The maximum atomic E-state index is 11.5. The van der Waals surface area contributed by atoms with E-state index in [-0.39, 0.29) is 12.5 Å². The highest BCUT2D eigenvalue weighted by molar-refractivity contribution is 5.79. The van der Waals surface area contributed by atoms with E-state index in [2.05, 4.69) is 26.0 Å². The van der Waals surface area contributed by atoms with Crippen LogP contribution in [-0.2, 0) is 17.9 Å². The van der Waals surface area contributed by atoms with Gasteiger partial charge < -0.3 is 20.7 Å². The largest absolute Gasteiger partial charge is 0.484 e. The van der Waals surface area contributed by atoms with Gasteiger partial charge >= 0.3 is 0 Å². The highest BCUT2D eigenvalue weighted by atomic mass is 16.5. The predicted octanol–water partition coefficient (Wildman–Crippen LogP) is 1.15. The number of carbonyl (C=O) groups is 1. The number of hydrogen-bond acceptors (Lipinski definition) is 4. The molecule has 1 amide bonds. The summed E-state index contributed by atoms with van der Waals surface area (Å²) in [6.45, 7) is 4.77. The van der Waals surface area contributed by atoms with Gasteiger partial charge in [0, 0.05) is 45.6 Å². The molecular weight excluding hydrogens is 344 g/mol. The fourth-order valence-corrected chi connectivity index (χ4v) is 2.43. The number of aryl methyl sites for hydroxylation is 1. The van der Waals surface area contributed by atoms with Gasteiger partial charge in [-0.2, -0.15) is 5.10 Å². The lowest BCUT2D eigenvalue weighted by atomic mass is 10.2. The first kappa shape index (κ1) is 20.3. The van der Waals surface area contributed by atoms with Crippen LogP contribution < -0.4 is 20.7 Å². The number of ether oxygens (including phenoxy) is 1. The molecule has 0 aliphatic carbocycles. The third-order valence-electron chi connectivity index (χ3n) is 3.74. The van der Waals surface area contributed by atoms with E-state index in [9.17, 15) is 4.79 Å². The minimum atomic E-state index is -0.124. The monoisotopic (exact) mass is 372 g/mol. The van der Waals surface area contributed by atoms with Gasteiger partial charge in [0.2, 0.25) is 0 Å². The molecule has 1 heterocycles. The van der Waals surface area contributed by atoms with Crippen LogP contribution in [0.5, 0.6) is 5.75 Å². The fourth-order valence-electron chi connectivity index (χ4n) is 2.43. The minimum absolute atomic E-state index is 0.0181. The van der Waals surface area contributed by atoms with Gasteiger partial charge in [0.05, 0.1) is 0 Å². The van der Waals surface area contributed by atoms with Crippen molar-refractivity contribution in [2.75, 3.05) is 26.7 Å². The number of likely N-dealkylation sites (N-methyl/N-ethyl adjacent to an activating group) is 1. The summed E-state index contributed by atoms with van der Waals surface area (Å²) < 4.78 is 7.42. The van der Waals surface area contributed by atoms with Crippen LogP contribution in [0.25, 0.3) is 0 Å². The molecule has 0 bridgehead atoms. The molecule has 1 aromatic heterocycles. The zero-order valence-electron chi connectivity index (χ0n) is 15.9. The van der Waals surface area contributed by atoms with Crippen LogP contribution in [-0.4, -0.2) is 48.4 Å². The zero-order chi connectivity index (χ0) is 19.3. The fraction of sp³-hybridized carbons (Fsp3) is 0.421. The second-order valence-corrected chi connectivity index (χ2v) is 5.86. The Bertz CT molecular complexity index is 715. The SMILES string of the molecule is CCNC(=O)COc1cccc(CNC(=NC)NCCCn2cccn2)c1. The van der Waals surface area contributed by atoms with Gasteiger partial charge in [0.1, 0.15) is 5.75 Å². The molecule has 27 heavy (non-hydrogen) atoms. The number of hydrogen-bond donors (Lipinski definition) is 3. The molecule has 0 saturated heterocycles. The molecule has 2 rings (SSSR count). The van der Waals surface area contributed by atoms with E-state index in [4.69, 9.17) is 4.74 Å². The van der Waals surface area contributed by atoms with Crippen molar-refractivity contribution in [3.8, 4) is 5.75 Å². The van der Waals surface area contributed by atoms with E-state index in [0.29, 0.717) is 18.8 Å². The Hall–Kier alpha value is -3.03. The van der Waals surface area contributed by atoms with E-state index in [1.807, 2.05) is 48.1 Å². The van der Waals surface area contributed by atoms with Gasteiger partial charge in [0.25, 0.3) is 5.91 Å². The van der Waals surface area contributed by atoms with E-state index >= 15 is 0 Å². The van der Waals surface area contributed by atoms with E-state index in [0.717, 1.165) is 31.0 Å². The summed E-state index contributed by atoms with van der Waals surface area (Å²) in [7, 11) is 1.74. The first-order chi connectivity index (χ1) is 13.2. The summed E-state index contributed by atoms with van der Waals surface area (Å²) in [4.78, 5) is 15.7. The first-order valence-electron chi connectivity index (χ1n) is 9.11. The Morgan fingerprint density at radius 2 is 2.15 bits per heavy atom. The van der Waals surface area contributed by atoms with Crippen molar-refractivity contribution in [1.82, 2.24) is 25.7 Å². The van der Waals surface area contributed by atoms with Crippen LogP contribution in [0, 0.1) is 0 Å². The lowest BCUT2D eigenvalue weighted by molar-refractivity contribution is -0.122. The quantitative estimate of drug-likeness (QED) is 0.331. The maximum absolute atomic E-state index is 11.5. The van der Waals surface area contributed by atoms with Crippen molar-refractivity contribution < 1.29 is 9.53 Å². The molecule has 3 N–H and O–H groups in total. The maximum Gasteiger partial charge on any atom is 0.257 e. The summed E-state index contributed by atoms with van der Waals surface area (Å²) >= 11 is 0. The first-order valence-corrected chi connectivity index (χ1v) is 9.11. The molecule has 0 spiro atoms. The van der Waals surface area contributed by atoms with Crippen molar-refractivity contribution in [1.29, 1.82) is 0 Å². The molecule has 0 aliphatic heterocycles. The number of nitrogens with zero attached hydrogens (tertiary/aromatic N) is 3. The molecule has 2 aromatic rings. The van der Waals surface area contributed by atoms with E-state index in [1.165, 1.54) is 0 Å². The molecule has 0 unspecified atom stereocenters. The second kappa shape index (κ2) is 11.6. The molecule has 0 fully saturated rings. The summed E-state index contributed by atoms with van der Waals surface area (Å²) in [5, 5.41) is 13.4. The molecule has 0 aliphatic rings. The van der Waals surface area contributed by atoms with Crippen LogP contribution in [0.3, 0.4) is 0 Å². The summed E-state index contributed by atoms with van der Waals surface area (Å²) in [5.74, 6) is 1.28. The Morgan fingerprint density at radius 3 is 2.89 bits per heavy atom. The number of amides is 1. The number of aliphatic imine (C=N–C) groups is 1. The van der Waals surface area contributed by atoms with Crippen molar-refractivity contribution in [2.24, 2.45) is 4.99 Å². The smallest absolute Gasteiger partial charge is 0.257 e. The Labute approximate surface area is 160 Å². The Morgan fingerprint density at radius 1 is 1.26 bits per heavy atom. The molecule has 0 radical (unpaired) electrons. The molecule has 0 atom stereocenters. The number of rotatable bonds is 10. The molecule has 8 nitrogen and oxygen atoms in total. The van der Waals surface area contributed by atoms with Gasteiger partial charge in [-0.15, -0.1) is 0 Å². The van der Waals surface area contributed by atoms with Crippen molar-refractivity contribution in [2.45, 2.75) is 26.4 Å². The standard InChI is InChI=1S/C19H28N6O2/c1-3-21-18(26)15-27-17-8-4-7-16(13-17)14-23-19(20-2)22-9-5-11-25-12-6-10-24-25/h4,6-8,10,12-13H,3,5,9,11,14-15H2,1-2H3,(H,21,26)(H2,20,22,23). The number of aromatic nitrogens is 2. The molecule has 0 saturated carbocycles. The second-order valence-electron chi connectivity index (χ2n) is 5.86. The number of benzene rings is 1. The average Bonchev–Trinajstić information content (AvgIpc) is 3.20. The van der Waals surface area contributed by atoms with Crippen molar-refractivity contribution in [3.05, 3.63) is 48.3 Å². The normalized spacial score (nSPS) is 11.1. The highest BCUT2D eigenvalue weighted by Gasteiger charge is 2.03. The van der Waals surface area contributed by atoms with E-state index < -0.39 is 0 Å². The number of nitrogens with one attached hydrogen (secondary N) is 3. The lowest BCUT2D eigenvalue weighted by Crippen LogP contribution is -2.37. The van der Waals surface area contributed by atoms with Crippen LogP contribution in [0.4, 0.5) is 0 Å². The highest BCUT2D eigenvalue weighted by Crippen LogP contribution is 2.13. The third-order valence-corrected chi connectivity index (χ3v) is 3.74. The van der Waals surface area contributed by atoms with Crippen LogP contribution in [0.1, 0.15) is 18.9 Å². The van der Waals surface area contributed by atoms with E-state index in [1.54, 1.807) is 13.2 Å². The van der Waals surface area contributed by atoms with Gasteiger partial charge in [0.15, 0.2) is 12.6 Å². The van der Waals surface area contributed by atoms with Gasteiger partial charge in [-0.3, -0.25) is 14.5 Å². The summed E-state index contributed by atoms with van der Waals surface area (Å²) in [5.41, 5.74) is 1.04. The van der Waals surface area contributed by atoms with Crippen LogP contribution in [0.2, 0.25) is 0 Å². The van der Waals surface area contributed by atoms with Gasteiger partial charge in [-0.25, -0.2) is 0 Å². The Balaban J connectivity index is 1.71. The number of guanidine groups is 1. The topological polar surface area (TPSA) is 92.6 Å². The zero-order valence-corrected chi connectivity index (χ0v) is 15.9. The van der Waals surface area contributed by atoms with Crippen molar-refractivity contribution in [3.63, 3.8) is 0 Å². The third kappa shape index (κ3) is 7.81. The minimum Gasteiger partial charge on any atom is -0.484 e. The number of carbonyl (C=O) groups excluding carboxylic acids is 1. The average molecular weight is 372 g/mol.